The van der Waals surface area contributed by atoms with Crippen molar-refractivity contribution >= 4 is 20.9 Å². The molecule has 0 radical (unpaired) electrons. The Hall–Kier alpha value is -2.29. The van der Waals surface area contributed by atoms with Gasteiger partial charge in [0.2, 0.25) is 0 Å². The Kier molecular flexibility index (Phi) is 7.55. The van der Waals surface area contributed by atoms with Gasteiger partial charge in [-0.05, 0) is 113 Å². The molecule has 40 heavy (non-hydrogen) atoms. The van der Waals surface area contributed by atoms with Crippen LogP contribution in [0.2, 0.25) is 0 Å². The van der Waals surface area contributed by atoms with Crippen LogP contribution in [0.3, 0.4) is 0 Å². The fourth-order valence-electron chi connectivity index (χ4n) is 7.34. The molecule has 3 fully saturated rings. The zero-order valence-electron chi connectivity index (χ0n) is 24.3. The van der Waals surface area contributed by atoms with E-state index in [4.69, 9.17) is 4.98 Å². The minimum atomic E-state index is -3.28. The molecule has 0 spiro atoms. The van der Waals surface area contributed by atoms with Crippen molar-refractivity contribution in [2.75, 3.05) is 25.9 Å². The number of piperidine rings is 2. The van der Waals surface area contributed by atoms with Crippen LogP contribution in [0, 0.1) is 11.7 Å². The van der Waals surface area contributed by atoms with E-state index < -0.39 is 9.84 Å². The van der Waals surface area contributed by atoms with Gasteiger partial charge in [-0.1, -0.05) is 13.0 Å². The Morgan fingerprint density at radius 2 is 1.70 bits per heavy atom. The van der Waals surface area contributed by atoms with Crippen molar-refractivity contribution < 1.29 is 12.8 Å². The molecule has 1 aromatic heterocycles. The van der Waals surface area contributed by atoms with Crippen molar-refractivity contribution in [3.8, 4) is 11.4 Å². The van der Waals surface area contributed by atoms with E-state index in [0.29, 0.717) is 35.0 Å². The molecule has 3 heterocycles. The number of aryl methyl sites for hydroxylation is 1. The topological polar surface area (TPSA) is 58.4 Å². The molecule has 3 atom stereocenters. The number of benzene rings is 2. The summed E-state index contributed by atoms with van der Waals surface area (Å²) in [5.41, 5.74) is 2.71. The second-order valence-electron chi connectivity index (χ2n) is 12.6. The van der Waals surface area contributed by atoms with Crippen LogP contribution in [0.4, 0.5) is 4.39 Å². The van der Waals surface area contributed by atoms with Crippen LogP contribution in [-0.4, -0.2) is 71.8 Å². The Morgan fingerprint density at radius 3 is 2.33 bits per heavy atom. The van der Waals surface area contributed by atoms with Gasteiger partial charge in [-0.3, -0.25) is 4.90 Å². The molecule has 1 saturated carbocycles. The number of hydrogen-bond acceptors (Lipinski definition) is 5. The fourth-order valence-corrected chi connectivity index (χ4v) is 7.97. The van der Waals surface area contributed by atoms with Crippen LogP contribution in [-0.2, 0) is 16.9 Å². The first-order valence-corrected chi connectivity index (χ1v) is 17.0. The highest BCUT2D eigenvalue weighted by molar-refractivity contribution is 7.90. The van der Waals surface area contributed by atoms with Crippen molar-refractivity contribution in [1.82, 2.24) is 19.4 Å². The smallest absolute Gasteiger partial charge is 0.175 e. The predicted molar refractivity (Wildman–Crippen MR) is 159 cm³/mol. The van der Waals surface area contributed by atoms with E-state index in [0.717, 1.165) is 43.0 Å². The van der Waals surface area contributed by atoms with E-state index in [2.05, 4.69) is 23.6 Å². The molecule has 6 nitrogen and oxygen atoms in total. The van der Waals surface area contributed by atoms with Gasteiger partial charge in [0.1, 0.15) is 11.3 Å². The fraction of sp³-hybridized carbons (Fsp3) is 0.594. The SMILES string of the molecule is CCC1CC(N2CCC(c3ccc4nc(-c5ccc(S(C)(=O)=O)cc5)n(C)c4c3F)CC2)CC(C)N1CC1CC1. The number of rotatable bonds is 7. The Balaban J connectivity index is 1.16. The van der Waals surface area contributed by atoms with Crippen LogP contribution in [0.25, 0.3) is 22.4 Å². The molecule has 1 aliphatic carbocycles. The minimum absolute atomic E-state index is 0.169. The van der Waals surface area contributed by atoms with Crippen LogP contribution in [0.15, 0.2) is 41.3 Å². The number of fused-ring (bicyclic) bond motifs is 1. The largest absolute Gasteiger partial charge is 0.325 e. The number of hydrogen-bond donors (Lipinski definition) is 0. The molecule has 6 rings (SSSR count). The lowest BCUT2D eigenvalue weighted by Gasteiger charge is -2.48. The normalized spacial score (nSPS) is 25.6. The summed E-state index contributed by atoms with van der Waals surface area (Å²) in [4.78, 5) is 10.5. The standard InChI is InChI=1S/C32H43FN4O2S/c1-5-25-19-26(18-21(2)37(25)20-22-6-7-22)36-16-14-23(15-17-36)28-12-13-29-31(30(28)33)35(3)32(34-29)24-8-10-27(11-9-24)40(4,38)39/h8-13,21-23,25-26H,5-7,14-20H2,1-4H3. The third-order valence-electron chi connectivity index (χ3n) is 9.86. The van der Waals surface area contributed by atoms with Gasteiger partial charge < -0.3 is 9.47 Å². The zero-order chi connectivity index (χ0) is 28.2. The van der Waals surface area contributed by atoms with E-state index in [1.54, 1.807) is 28.8 Å². The van der Waals surface area contributed by atoms with E-state index in [1.165, 1.54) is 44.9 Å². The van der Waals surface area contributed by atoms with E-state index in [-0.39, 0.29) is 16.6 Å². The molecule has 0 amide bonds. The summed E-state index contributed by atoms with van der Waals surface area (Å²) in [6.07, 6.45) is 9.72. The van der Waals surface area contributed by atoms with Gasteiger partial charge in [0.15, 0.2) is 15.7 Å². The van der Waals surface area contributed by atoms with Gasteiger partial charge in [-0.2, -0.15) is 0 Å². The molecule has 2 aliphatic heterocycles. The third kappa shape index (κ3) is 5.35. The maximum atomic E-state index is 16.1. The molecule has 3 unspecified atom stereocenters. The van der Waals surface area contributed by atoms with Crippen LogP contribution >= 0.6 is 0 Å². The molecule has 8 heteroatoms. The first kappa shape index (κ1) is 27.9. The molecule has 216 valence electrons. The van der Waals surface area contributed by atoms with E-state index >= 15 is 4.39 Å². The summed E-state index contributed by atoms with van der Waals surface area (Å²) in [7, 11) is -1.44. The number of nitrogens with zero attached hydrogens (tertiary/aromatic N) is 4. The van der Waals surface area contributed by atoms with Crippen molar-refractivity contribution in [3.63, 3.8) is 0 Å². The average Bonchev–Trinajstić information content (AvgIpc) is 3.70. The molecule has 0 bridgehead atoms. The van der Waals surface area contributed by atoms with Crippen molar-refractivity contribution in [3.05, 3.63) is 47.8 Å². The molecule has 2 saturated heterocycles. The minimum Gasteiger partial charge on any atom is -0.325 e. The average molecular weight is 567 g/mol. The van der Waals surface area contributed by atoms with E-state index in [9.17, 15) is 8.42 Å². The monoisotopic (exact) mass is 566 g/mol. The first-order chi connectivity index (χ1) is 19.1. The summed E-state index contributed by atoms with van der Waals surface area (Å²) in [5.74, 6) is 1.61. The van der Waals surface area contributed by atoms with Gasteiger partial charge in [0.05, 0.1) is 10.4 Å². The van der Waals surface area contributed by atoms with Crippen molar-refractivity contribution in [2.24, 2.45) is 13.0 Å². The summed E-state index contributed by atoms with van der Waals surface area (Å²) in [6.45, 7) is 8.12. The number of sulfone groups is 1. The molecular weight excluding hydrogens is 523 g/mol. The lowest BCUT2D eigenvalue weighted by atomic mass is 9.85. The van der Waals surface area contributed by atoms with Gasteiger partial charge in [0, 0.05) is 43.5 Å². The highest BCUT2D eigenvalue weighted by Crippen LogP contribution is 2.39. The van der Waals surface area contributed by atoms with Crippen LogP contribution < -0.4 is 0 Å². The maximum absolute atomic E-state index is 16.1. The summed E-state index contributed by atoms with van der Waals surface area (Å²) in [6, 6.07) is 12.5. The number of imidazole rings is 1. The highest BCUT2D eigenvalue weighted by Gasteiger charge is 2.38. The Bertz CT molecular complexity index is 1470. The predicted octanol–water partition coefficient (Wildman–Crippen LogP) is 6.00. The van der Waals surface area contributed by atoms with Gasteiger partial charge >= 0.3 is 0 Å². The molecule has 0 N–H and O–H groups in total. The van der Waals surface area contributed by atoms with Gasteiger partial charge in [0.25, 0.3) is 0 Å². The lowest BCUT2D eigenvalue weighted by Crippen LogP contribution is -2.55. The molecule has 3 aliphatic rings. The number of likely N-dealkylation sites (tertiary alicyclic amines) is 2. The second kappa shape index (κ2) is 10.8. The molecule has 3 aromatic rings. The third-order valence-corrected chi connectivity index (χ3v) is 11.0. The van der Waals surface area contributed by atoms with E-state index in [1.807, 2.05) is 19.2 Å². The summed E-state index contributed by atoms with van der Waals surface area (Å²) >= 11 is 0. The van der Waals surface area contributed by atoms with Crippen LogP contribution in [0.1, 0.15) is 70.3 Å². The summed E-state index contributed by atoms with van der Waals surface area (Å²) in [5, 5.41) is 0. The Labute approximate surface area is 238 Å². The molecular formula is C32H43FN4O2S. The maximum Gasteiger partial charge on any atom is 0.175 e. The van der Waals surface area contributed by atoms with Crippen molar-refractivity contribution in [1.29, 1.82) is 0 Å². The lowest BCUT2D eigenvalue weighted by molar-refractivity contribution is 0.0148. The Morgan fingerprint density at radius 1 is 1.00 bits per heavy atom. The quantitative estimate of drug-likeness (QED) is 0.351. The van der Waals surface area contributed by atoms with Gasteiger partial charge in [-0.15, -0.1) is 0 Å². The zero-order valence-corrected chi connectivity index (χ0v) is 25.1. The number of aromatic nitrogens is 2. The van der Waals surface area contributed by atoms with Crippen LogP contribution in [0.5, 0.6) is 0 Å². The second-order valence-corrected chi connectivity index (χ2v) is 14.6. The van der Waals surface area contributed by atoms with Crippen molar-refractivity contribution in [2.45, 2.75) is 87.7 Å². The van der Waals surface area contributed by atoms with Gasteiger partial charge in [-0.25, -0.2) is 17.8 Å². The molecule has 2 aromatic carbocycles. The summed E-state index contributed by atoms with van der Waals surface area (Å²) < 4.78 is 41.6. The number of halogens is 1. The highest BCUT2D eigenvalue weighted by atomic mass is 32.2. The first-order valence-electron chi connectivity index (χ1n) is 15.1.